The van der Waals surface area contributed by atoms with Crippen molar-refractivity contribution >= 4 is 11.6 Å². The first-order chi connectivity index (χ1) is 16.6. The van der Waals surface area contributed by atoms with Gasteiger partial charge in [-0.05, 0) is 54.8 Å². The molecule has 8 nitrogen and oxygen atoms in total. The highest BCUT2D eigenvalue weighted by molar-refractivity contribution is 5.95. The molecule has 1 aliphatic heterocycles. The van der Waals surface area contributed by atoms with Crippen molar-refractivity contribution in [1.29, 1.82) is 0 Å². The molecule has 0 spiro atoms. The average molecular weight is 464 g/mol. The second-order valence-corrected chi connectivity index (χ2v) is 8.01. The lowest BCUT2D eigenvalue weighted by Gasteiger charge is -2.25. The van der Waals surface area contributed by atoms with Crippen molar-refractivity contribution in [2.75, 3.05) is 38.9 Å². The topological polar surface area (TPSA) is 94.7 Å². The van der Waals surface area contributed by atoms with Crippen LogP contribution in [0.3, 0.4) is 0 Å². The Balaban J connectivity index is 1.50. The molecule has 1 aliphatic rings. The second kappa shape index (κ2) is 10.9. The van der Waals surface area contributed by atoms with Gasteiger partial charge in [0.1, 0.15) is 30.5 Å². The zero-order valence-corrected chi connectivity index (χ0v) is 19.4. The Labute approximate surface area is 198 Å². The molecule has 2 aromatic carbocycles. The zero-order chi connectivity index (χ0) is 23.9. The predicted octanol–water partition coefficient (Wildman–Crippen LogP) is 4.16. The van der Waals surface area contributed by atoms with Gasteiger partial charge < -0.3 is 24.3 Å². The van der Waals surface area contributed by atoms with Crippen molar-refractivity contribution < 1.29 is 23.7 Å². The van der Waals surface area contributed by atoms with Crippen LogP contribution in [0, 0.1) is 12.8 Å². The van der Waals surface area contributed by atoms with E-state index in [9.17, 15) is 4.79 Å². The quantitative estimate of drug-likeness (QED) is 0.346. The lowest BCUT2D eigenvalue weighted by molar-refractivity contribution is -0.121. The maximum absolute atomic E-state index is 13.1. The molecule has 8 heteroatoms. The summed E-state index contributed by atoms with van der Waals surface area (Å²) in [4.78, 5) is 13.1. The SMILES string of the molecule is C=CCOCCOc1cc(-c2cn[nH]c2C)ccc1NC(=O)C1COc2ccc(OC)cc2C1. The summed E-state index contributed by atoms with van der Waals surface area (Å²) in [7, 11) is 1.62. The molecule has 34 heavy (non-hydrogen) atoms. The zero-order valence-electron chi connectivity index (χ0n) is 19.4. The average Bonchev–Trinajstić information content (AvgIpc) is 3.29. The van der Waals surface area contributed by atoms with Crippen LogP contribution in [0.1, 0.15) is 11.3 Å². The van der Waals surface area contributed by atoms with E-state index in [4.69, 9.17) is 18.9 Å². The van der Waals surface area contributed by atoms with E-state index in [0.717, 1.165) is 33.9 Å². The number of anilines is 1. The summed E-state index contributed by atoms with van der Waals surface area (Å²) in [5.41, 5.74) is 4.40. The molecular weight excluding hydrogens is 434 g/mol. The van der Waals surface area contributed by atoms with Crippen molar-refractivity contribution in [2.24, 2.45) is 5.92 Å². The highest BCUT2D eigenvalue weighted by Gasteiger charge is 2.27. The molecule has 0 bridgehead atoms. The number of carbonyl (C=O) groups is 1. The van der Waals surface area contributed by atoms with Crippen LogP contribution >= 0.6 is 0 Å². The number of aromatic amines is 1. The molecule has 0 saturated heterocycles. The van der Waals surface area contributed by atoms with Crippen LogP contribution in [0.2, 0.25) is 0 Å². The van der Waals surface area contributed by atoms with Crippen molar-refractivity contribution in [3.8, 4) is 28.4 Å². The summed E-state index contributed by atoms with van der Waals surface area (Å²) in [5.74, 6) is 1.62. The Morgan fingerprint density at radius 3 is 2.94 bits per heavy atom. The van der Waals surface area contributed by atoms with Gasteiger partial charge in [0, 0.05) is 11.3 Å². The summed E-state index contributed by atoms with van der Waals surface area (Å²) in [6.07, 6.45) is 4.02. The lowest BCUT2D eigenvalue weighted by atomic mass is 9.95. The molecule has 4 rings (SSSR count). The molecule has 1 amide bonds. The third-order valence-electron chi connectivity index (χ3n) is 5.65. The van der Waals surface area contributed by atoms with Crippen LogP contribution in [0.25, 0.3) is 11.1 Å². The number of amides is 1. The Morgan fingerprint density at radius 2 is 2.18 bits per heavy atom. The number of ether oxygens (including phenoxy) is 4. The number of carbonyl (C=O) groups excluding carboxylic acids is 1. The first kappa shape index (κ1) is 23.4. The van der Waals surface area contributed by atoms with Gasteiger partial charge in [0.2, 0.25) is 5.91 Å². The Morgan fingerprint density at radius 1 is 1.29 bits per heavy atom. The number of methoxy groups -OCH3 is 1. The van der Waals surface area contributed by atoms with Gasteiger partial charge in [0.25, 0.3) is 0 Å². The Hall–Kier alpha value is -3.78. The molecule has 0 fully saturated rings. The van der Waals surface area contributed by atoms with E-state index in [2.05, 4.69) is 22.1 Å². The largest absolute Gasteiger partial charge is 0.497 e. The Kier molecular flexibility index (Phi) is 7.49. The minimum Gasteiger partial charge on any atom is -0.497 e. The van der Waals surface area contributed by atoms with Crippen molar-refractivity contribution in [3.05, 3.63) is 66.5 Å². The minimum atomic E-state index is -0.334. The molecule has 2 N–H and O–H groups in total. The number of aromatic nitrogens is 2. The summed E-state index contributed by atoms with van der Waals surface area (Å²) in [6.45, 7) is 7.10. The minimum absolute atomic E-state index is 0.131. The van der Waals surface area contributed by atoms with Crippen LogP contribution in [0.15, 0.2) is 55.3 Å². The number of H-pyrrole nitrogens is 1. The Bertz CT molecular complexity index is 1160. The van der Waals surface area contributed by atoms with Gasteiger partial charge in [-0.15, -0.1) is 6.58 Å². The van der Waals surface area contributed by atoms with Gasteiger partial charge in [0.05, 0.1) is 38.1 Å². The number of nitrogens with one attached hydrogen (secondary N) is 2. The molecule has 1 unspecified atom stereocenters. The van der Waals surface area contributed by atoms with Crippen LogP contribution in [0.5, 0.6) is 17.2 Å². The van der Waals surface area contributed by atoms with E-state index in [1.165, 1.54) is 0 Å². The molecule has 0 aliphatic carbocycles. The monoisotopic (exact) mass is 463 g/mol. The number of fused-ring (bicyclic) bond motifs is 1. The maximum Gasteiger partial charge on any atom is 0.231 e. The second-order valence-electron chi connectivity index (χ2n) is 8.01. The van der Waals surface area contributed by atoms with E-state index in [-0.39, 0.29) is 11.8 Å². The van der Waals surface area contributed by atoms with Gasteiger partial charge >= 0.3 is 0 Å². The van der Waals surface area contributed by atoms with Gasteiger partial charge in [-0.2, -0.15) is 5.10 Å². The normalized spacial score (nSPS) is 14.6. The first-order valence-electron chi connectivity index (χ1n) is 11.2. The molecule has 0 radical (unpaired) electrons. The number of rotatable bonds is 10. The third-order valence-corrected chi connectivity index (χ3v) is 5.65. The number of hydrogen-bond acceptors (Lipinski definition) is 6. The highest BCUT2D eigenvalue weighted by Crippen LogP contribution is 2.34. The van der Waals surface area contributed by atoms with Gasteiger partial charge in [0.15, 0.2) is 0 Å². The maximum atomic E-state index is 13.1. The van der Waals surface area contributed by atoms with E-state index in [1.807, 2.05) is 43.3 Å². The molecule has 3 aromatic rings. The van der Waals surface area contributed by atoms with E-state index >= 15 is 0 Å². The highest BCUT2D eigenvalue weighted by atomic mass is 16.5. The van der Waals surface area contributed by atoms with Gasteiger partial charge in [-0.3, -0.25) is 9.89 Å². The van der Waals surface area contributed by atoms with Gasteiger partial charge in [-0.25, -0.2) is 0 Å². The number of aryl methyl sites for hydroxylation is 1. The van der Waals surface area contributed by atoms with Crippen molar-refractivity contribution in [2.45, 2.75) is 13.3 Å². The van der Waals surface area contributed by atoms with Crippen molar-refractivity contribution in [3.63, 3.8) is 0 Å². The molecular formula is C26H29N3O5. The van der Waals surface area contributed by atoms with Crippen LogP contribution in [-0.4, -0.2) is 49.6 Å². The fraction of sp³-hybridized carbons (Fsp3) is 0.308. The molecule has 2 heterocycles. The molecule has 1 atom stereocenters. The van der Waals surface area contributed by atoms with Crippen LogP contribution in [-0.2, 0) is 16.0 Å². The van der Waals surface area contributed by atoms with E-state index in [1.54, 1.807) is 19.4 Å². The summed E-state index contributed by atoms with van der Waals surface area (Å²) < 4.78 is 22.5. The smallest absolute Gasteiger partial charge is 0.231 e. The summed E-state index contributed by atoms with van der Waals surface area (Å²) >= 11 is 0. The lowest BCUT2D eigenvalue weighted by Crippen LogP contribution is -2.32. The molecule has 0 saturated carbocycles. The molecule has 1 aromatic heterocycles. The van der Waals surface area contributed by atoms with Crippen molar-refractivity contribution in [1.82, 2.24) is 10.2 Å². The third kappa shape index (κ3) is 5.40. The van der Waals surface area contributed by atoms with E-state index < -0.39 is 0 Å². The number of nitrogens with zero attached hydrogens (tertiary/aromatic N) is 1. The summed E-state index contributed by atoms with van der Waals surface area (Å²) in [6, 6.07) is 11.3. The fourth-order valence-corrected chi connectivity index (χ4v) is 3.83. The fourth-order valence-electron chi connectivity index (χ4n) is 3.83. The first-order valence-corrected chi connectivity index (χ1v) is 11.2. The van der Waals surface area contributed by atoms with E-state index in [0.29, 0.717) is 44.3 Å². The predicted molar refractivity (Wildman–Crippen MR) is 130 cm³/mol. The molecule has 178 valence electrons. The summed E-state index contributed by atoms with van der Waals surface area (Å²) in [5, 5.41) is 10.1. The number of hydrogen-bond donors (Lipinski definition) is 2. The number of benzene rings is 2. The standard InChI is InChI=1S/C26H29N3O5/c1-4-9-32-10-11-33-25-14-18(22-15-27-29-17(22)2)5-7-23(25)28-26(30)20-12-19-13-21(31-3)6-8-24(19)34-16-20/h4-8,13-15,20H,1,9-12,16H2,2-3H3,(H,27,29)(H,28,30). The van der Waals surface area contributed by atoms with Crippen LogP contribution in [0.4, 0.5) is 5.69 Å². The van der Waals surface area contributed by atoms with Gasteiger partial charge in [-0.1, -0.05) is 12.1 Å². The van der Waals surface area contributed by atoms with Crippen LogP contribution < -0.4 is 19.5 Å².